The molecule has 0 bridgehead atoms. The van der Waals surface area contributed by atoms with Gasteiger partial charge in [-0.1, -0.05) is 29.8 Å². The van der Waals surface area contributed by atoms with E-state index in [9.17, 15) is 14.9 Å². The van der Waals surface area contributed by atoms with Gasteiger partial charge in [-0.2, -0.15) is 0 Å². The van der Waals surface area contributed by atoms with E-state index >= 15 is 0 Å². The van der Waals surface area contributed by atoms with E-state index in [1.54, 1.807) is 12.1 Å². The third-order valence-corrected chi connectivity index (χ3v) is 6.41. The quantitative estimate of drug-likeness (QED) is 0.532. The van der Waals surface area contributed by atoms with Gasteiger partial charge in [-0.05, 0) is 49.4 Å². The summed E-state index contributed by atoms with van der Waals surface area (Å²) in [5, 5.41) is 11.6. The fourth-order valence-corrected chi connectivity index (χ4v) is 4.77. The molecule has 1 amide bonds. The number of benzene rings is 2. The van der Waals surface area contributed by atoms with Gasteiger partial charge in [0.2, 0.25) is 5.91 Å². The molecule has 0 spiro atoms. The number of carbonyl (C=O) groups excluding carboxylic acids is 1. The van der Waals surface area contributed by atoms with Gasteiger partial charge in [-0.25, -0.2) is 0 Å². The van der Waals surface area contributed by atoms with Crippen LogP contribution in [0.1, 0.15) is 37.3 Å². The second-order valence-corrected chi connectivity index (χ2v) is 8.15. The van der Waals surface area contributed by atoms with Crippen molar-refractivity contribution in [3.63, 3.8) is 0 Å². The van der Waals surface area contributed by atoms with Crippen molar-refractivity contribution in [2.75, 3.05) is 24.5 Å². The maximum atomic E-state index is 13.2. The highest BCUT2D eigenvalue weighted by Gasteiger charge is 2.36. The number of piperidine rings is 1. The average Bonchev–Trinajstić information content (AvgIpc) is 3.23. The van der Waals surface area contributed by atoms with Crippen LogP contribution in [0.5, 0.6) is 0 Å². The zero-order chi connectivity index (χ0) is 20.4. The number of likely N-dealkylation sites (tertiary alicyclic amines) is 1. The number of anilines is 1. The first-order valence-electron chi connectivity index (χ1n) is 10.1. The Kier molecular flexibility index (Phi) is 5.72. The van der Waals surface area contributed by atoms with E-state index < -0.39 is 0 Å². The van der Waals surface area contributed by atoms with Gasteiger partial charge in [0.1, 0.15) is 0 Å². The predicted octanol–water partition coefficient (Wildman–Crippen LogP) is 4.83. The van der Waals surface area contributed by atoms with Crippen LogP contribution in [0.25, 0.3) is 0 Å². The molecular weight excluding hydrogens is 390 g/mol. The highest BCUT2D eigenvalue weighted by atomic mass is 35.5. The van der Waals surface area contributed by atoms with Crippen molar-refractivity contribution in [3.8, 4) is 0 Å². The Morgan fingerprint density at radius 1 is 1.00 bits per heavy atom. The molecule has 2 aliphatic heterocycles. The largest absolute Gasteiger partial charge is 0.371 e. The normalized spacial score (nSPS) is 20.1. The van der Waals surface area contributed by atoms with E-state index in [4.69, 9.17) is 11.6 Å². The summed E-state index contributed by atoms with van der Waals surface area (Å²) in [5.41, 5.74) is 2.11. The summed E-state index contributed by atoms with van der Waals surface area (Å²) >= 11 is 6.39. The van der Waals surface area contributed by atoms with Crippen LogP contribution in [-0.4, -0.2) is 35.4 Å². The van der Waals surface area contributed by atoms with Crippen molar-refractivity contribution in [3.05, 3.63) is 69.2 Å². The lowest BCUT2D eigenvalue weighted by molar-refractivity contribution is -0.384. The van der Waals surface area contributed by atoms with Gasteiger partial charge in [-0.3, -0.25) is 14.9 Å². The molecule has 0 aliphatic carbocycles. The van der Waals surface area contributed by atoms with Crippen LogP contribution in [0.2, 0.25) is 5.02 Å². The van der Waals surface area contributed by atoms with Gasteiger partial charge in [0.05, 0.1) is 11.0 Å². The molecule has 0 saturated carbocycles. The summed E-state index contributed by atoms with van der Waals surface area (Å²) in [5.74, 6) is 0.253. The van der Waals surface area contributed by atoms with E-state index in [1.165, 1.54) is 12.1 Å². The van der Waals surface area contributed by atoms with Crippen molar-refractivity contribution in [2.45, 2.75) is 31.7 Å². The Labute approximate surface area is 175 Å². The second-order valence-electron chi connectivity index (χ2n) is 7.75. The first kappa shape index (κ1) is 19.7. The average molecular weight is 414 g/mol. The lowest BCUT2D eigenvalue weighted by Gasteiger charge is -2.36. The first-order valence-corrected chi connectivity index (χ1v) is 10.5. The predicted molar refractivity (Wildman–Crippen MR) is 113 cm³/mol. The lowest BCUT2D eigenvalue weighted by atomic mass is 9.94. The second kappa shape index (κ2) is 8.41. The minimum absolute atomic E-state index is 0.0207. The molecule has 152 valence electrons. The molecule has 2 heterocycles. The number of hydrogen-bond donors (Lipinski definition) is 0. The molecule has 29 heavy (non-hydrogen) atoms. The molecule has 7 heteroatoms. The number of non-ortho nitro benzene ring substituents is 1. The Bertz CT molecular complexity index is 894. The fraction of sp³-hybridized carbons (Fsp3) is 0.409. The van der Waals surface area contributed by atoms with Crippen molar-refractivity contribution in [1.29, 1.82) is 0 Å². The minimum Gasteiger partial charge on any atom is -0.371 e. The van der Waals surface area contributed by atoms with Crippen LogP contribution in [0.4, 0.5) is 11.4 Å². The van der Waals surface area contributed by atoms with Gasteiger partial charge in [-0.15, -0.1) is 0 Å². The molecule has 2 aliphatic rings. The van der Waals surface area contributed by atoms with Crippen molar-refractivity contribution in [1.82, 2.24) is 4.90 Å². The topological polar surface area (TPSA) is 66.7 Å². The SMILES string of the molecule is O=C(C1CCN(c2ccc([N+](=O)[O-])cc2)CC1)N1CCC[C@@H]1c1ccccc1Cl. The maximum absolute atomic E-state index is 13.2. The Balaban J connectivity index is 1.40. The molecule has 2 aromatic carbocycles. The number of amides is 1. The molecule has 0 unspecified atom stereocenters. The van der Waals surface area contributed by atoms with E-state index in [2.05, 4.69) is 4.90 Å². The van der Waals surface area contributed by atoms with Crippen LogP contribution >= 0.6 is 11.6 Å². The minimum atomic E-state index is -0.389. The smallest absolute Gasteiger partial charge is 0.269 e. The third kappa shape index (κ3) is 4.08. The van der Waals surface area contributed by atoms with Gasteiger partial charge >= 0.3 is 0 Å². The zero-order valence-corrected chi connectivity index (χ0v) is 16.9. The highest BCUT2D eigenvalue weighted by molar-refractivity contribution is 6.31. The summed E-state index contributed by atoms with van der Waals surface area (Å²) in [4.78, 5) is 27.9. The zero-order valence-electron chi connectivity index (χ0n) is 16.2. The molecular formula is C22H24ClN3O3. The van der Waals surface area contributed by atoms with E-state index in [0.717, 1.165) is 61.6 Å². The number of nitro benzene ring substituents is 1. The number of rotatable bonds is 4. The molecule has 0 N–H and O–H groups in total. The monoisotopic (exact) mass is 413 g/mol. The number of nitrogens with zero attached hydrogens (tertiary/aromatic N) is 3. The van der Waals surface area contributed by atoms with Gasteiger partial charge in [0.15, 0.2) is 0 Å². The Morgan fingerprint density at radius 3 is 2.34 bits per heavy atom. The lowest BCUT2D eigenvalue weighted by Crippen LogP contribution is -2.42. The van der Waals surface area contributed by atoms with Crippen LogP contribution in [-0.2, 0) is 4.79 Å². The van der Waals surface area contributed by atoms with Crippen molar-refractivity contribution >= 4 is 28.9 Å². The molecule has 1 atom stereocenters. The van der Waals surface area contributed by atoms with Gasteiger partial charge in [0.25, 0.3) is 5.69 Å². The number of hydrogen-bond acceptors (Lipinski definition) is 4. The van der Waals surface area contributed by atoms with Crippen LogP contribution in [0.3, 0.4) is 0 Å². The molecule has 2 fully saturated rings. The van der Waals surface area contributed by atoms with Crippen LogP contribution < -0.4 is 4.90 Å². The Hall–Kier alpha value is -2.60. The number of nitro groups is 1. The third-order valence-electron chi connectivity index (χ3n) is 6.07. The molecule has 2 saturated heterocycles. The summed E-state index contributed by atoms with van der Waals surface area (Å²) in [6.45, 7) is 2.34. The summed E-state index contributed by atoms with van der Waals surface area (Å²) in [6, 6.07) is 14.5. The Morgan fingerprint density at radius 2 is 1.69 bits per heavy atom. The van der Waals surface area contributed by atoms with Crippen molar-refractivity contribution in [2.24, 2.45) is 5.92 Å². The summed E-state index contributed by atoms with van der Waals surface area (Å²) in [6.07, 6.45) is 3.55. The van der Waals surface area contributed by atoms with Gasteiger partial charge in [0, 0.05) is 48.4 Å². The maximum Gasteiger partial charge on any atom is 0.269 e. The summed E-state index contributed by atoms with van der Waals surface area (Å²) in [7, 11) is 0. The fourth-order valence-electron chi connectivity index (χ4n) is 4.50. The molecule has 4 rings (SSSR count). The highest BCUT2D eigenvalue weighted by Crippen LogP contribution is 2.37. The summed E-state index contributed by atoms with van der Waals surface area (Å²) < 4.78 is 0. The molecule has 2 aromatic rings. The standard InChI is InChI=1S/C22H24ClN3O3/c23-20-5-2-1-4-19(20)21-6-3-13-25(21)22(27)16-11-14-24(15-12-16)17-7-9-18(10-8-17)26(28)29/h1-2,4-5,7-10,16,21H,3,6,11-15H2/t21-/m1/s1. The first-order chi connectivity index (χ1) is 14.0. The molecule has 0 aromatic heterocycles. The van der Waals surface area contributed by atoms with Crippen molar-refractivity contribution < 1.29 is 9.72 Å². The van der Waals surface area contributed by atoms with E-state index in [1.807, 2.05) is 29.2 Å². The van der Waals surface area contributed by atoms with Crippen LogP contribution in [0, 0.1) is 16.0 Å². The van der Waals surface area contributed by atoms with E-state index in [0.29, 0.717) is 0 Å². The number of carbonyl (C=O) groups is 1. The molecule has 0 radical (unpaired) electrons. The van der Waals surface area contributed by atoms with E-state index in [-0.39, 0.29) is 28.5 Å². The van der Waals surface area contributed by atoms with Crippen LogP contribution in [0.15, 0.2) is 48.5 Å². The molecule has 6 nitrogen and oxygen atoms in total. The van der Waals surface area contributed by atoms with Gasteiger partial charge < -0.3 is 9.80 Å². The number of halogens is 1.